The molecular formula is C26H25N3O3S3. The Morgan fingerprint density at radius 2 is 1.89 bits per heavy atom. The van der Waals surface area contributed by atoms with Crippen LogP contribution in [0.4, 0.5) is 5.69 Å². The van der Waals surface area contributed by atoms with E-state index in [-0.39, 0.29) is 16.1 Å². The highest BCUT2D eigenvalue weighted by Crippen LogP contribution is 2.35. The van der Waals surface area contributed by atoms with E-state index in [0.29, 0.717) is 22.1 Å². The van der Waals surface area contributed by atoms with Gasteiger partial charge in [0.1, 0.15) is 12.4 Å². The molecule has 6 nitrogen and oxygen atoms in total. The lowest BCUT2D eigenvalue weighted by atomic mass is 10.1. The van der Waals surface area contributed by atoms with Crippen LogP contribution in [0.3, 0.4) is 0 Å². The van der Waals surface area contributed by atoms with E-state index in [0.717, 1.165) is 46.7 Å². The molecule has 4 rings (SSSR count). The van der Waals surface area contributed by atoms with Crippen molar-refractivity contribution >= 4 is 63.2 Å². The Labute approximate surface area is 218 Å². The molecule has 1 aromatic heterocycles. The molecule has 0 radical (unpaired) electrons. The van der Waals surface area contributed by atoms with Crippen molar-refractivity contribution in [3.63, 3.8) is 0 Å². The highest BCUT2D eigenvalue weighted by molar-refractivity contribution is 8.26. The zero-order valence-corrected chi connectivity index (χ0v) is 21.8. The maximum absolute atomic E-state index is 13.1. The summed E-state index contributed by atoms with van der Waals surface area (Å²) >= 11 is 7.82. The van der Waals surface area contributed by atoms with Crippen molar-refractivity contribution in [3.8, 4) is 5.75 Å². The van der Waals surface area contributed by atoms with Crippen molar-refractivity contribution in [1.29, 1.82) is 0 Å². The normalized spacial score (nSPS) is 14.5. The fourth-order valence-electron chi connectivity index (χ4n) is 3.56. The number of nitrogens with one attached hydrogen (secondary N) is 1. The number of thioether (sulfide) groups is 1. The van der Waals surface area contributed by atoms with Gasteiger partial charge >= 0.3 is 0 Å². The standard InChI is InChI=1S/C26H25N3O3S3/c1-3-28(4-2)20-13-12-19(21(16-20)32-17-18-9-6-5-7-10-18)15-23-25(31)29(26(33)35-23)27-24(30)22-11-8-14-34-22/h5-16H,3-4,17H2,1-2H3,(H,27,30)/b23-15+. The van der Waals surface area contributed by atoms with Gasteiger partial charge in [0, 0.05) is 30.4 Å². The number of benzene rings is 2. The van der Waals surface area contributed by atoms with E-state index in [1.807, 2.05) is 48.5 Å². The first-order chi connectivity index (χ1) is 17.0. The maximum Gasteiger partial charge on any atom is 0.285 e. The van der Waals surface area contributed by atoms with Gasteiger partial charge in [0.05, 0.1) is 9.78 Å². The van der Waals surface area contributed by atoms with Crippen LogP contribution >= 0.6 is 35.3 Å². The molecule has 1 aliphatic rings. The van der Waals surface area contributed by atoms with Crippen LogP contribution in [0, 0.1) is 0 Å². The number of hydrogen-bond donors (Lipinski definition) is 1. The van der Waals surface area contributed by atoms with Crippen LogP contribution in [0.5, 0.6) is 5.75 Å². The SMILES string of the molecule is CCN(CC)c1ccc(/C=C2/SC(=S)N(NC(=O)c3cccs3)C2=O)c(OCc2ccccc2)c1. The molecule has 0 aliphatic carbocycles. The summed E-state index contributed by atoms with van der Waals surface area (Å²) in [5.41, 5.74) is 5.47. The Hall–Kier alpha value is -3.14. The van der Waals surface area contributed by atoms with Crippen LogP contribution < -0.4 is 15.1 Å². The number of thiocarbonyl (C=S) groups is 1. The van der Waals surface area contributed by atoms with E-state index in [1.165, 1.54) is 11.3 Å². The van der Waals surface area contributed by atoms with Gasteiger partial charge in [-0.2, -0.15) is 5.01 Å². The minimum Gasteiger partial charge on any atom is -0.488 e. The predicted octanol–water partition coefficient (Wildman–Crippen LogP) is 5.72. The Kier molecular flexibility index (Phi) is 8.22. The highest BCUT2D eigenvalue weighted by Gasteiger charge is 2.34. The molecule has 0 atom stereocenters. The zero-order valence-electron chi connectivity index (χ0n) is 19.4. The highest BCUT2D eigenvalue weighted by atomic mass is 32.2. The zero-order chi connectivity index (χ0) is 24.8. The van der Waals surface area contributed by atoms with Gasteiger partial charge in [-0.25, -0.2) is 0 Å². The molecule has 1 aliphatic heterocycles. The molecule has 2 heterocycles. The van der Waals surface area contributed by atoms with Gasteiger partial charge in [-0.3, -0.25) is 15.0 Å². The molecule has 3 aromatic rings. The van der Waals surface area contributed by atoms with Crippen molar-refractivity contribution < 1.29 is 14.3 Å². The third kappa shape index (κ3) is 5.93. The quantitative estimate of drug-likeness (QED) is 0.286. The number of amides is 2. The molecule has 180 valence electrons. The first-order valence-corrected chi connectivity index (χ1v) is 13.3. The maximum atomic E-state index is 13.1. The number of anilines is 1. The lowest BCUT2D eigenvalue weighted by Gasteiger charge is -2.22. The van der Waals surface area contributed by atoms with E-state index in [4.69, 9.17) is 17.0 Å². The predicted molar refractivity (Wildman–Crippen MR) is 148 cm³/mol. The number of ether oxygens (including phenoxy) is 1. The molecule has 0 spiro atoms. The second-order valence-electron chi connectivity index (χ2n) is 7.60. The van der Waals surface area contributed by atoms with E-state index in [2.05, 4.69) is 24.2 Å². The Morgan fingerprint density at radius 3 is 2.57 bits per heavy atom. The fourth-order valence-corrected chi connectivity index (χ4v) is 5.34. The first kappa shape index (κ1) is 25.0. The summed E-state index contributed by atoms with van der Waals surface area (Å²) in [5.74, 6) is -0.0640. The van der Waals surface area contributed by atoms with Crippen LogP contribution in [0.15, 0.2) is 70.9 Å². The van der Waals surface area contributed by atoms with Gasteiger partial charge in [-0.1, -0.05) is 48.2 Å². The van der Waals surface area contributed by atoms with Crippen molar-refractivity contribution in [3.05, 3.63) is 87.0 Å². The smallest absolute Gasteiger partial charge is 0.285 e. The molecule has 1 N–H and O–H groups in total. The van der Waals surface area contributed by atoms with Crippen LogP contribution in [0.1, 0.15) is 34.6 Å². The Balaban J connectivity index is 1.59. The van der Waals surface area contributed by atoms with Gasteiger partial charge in [-0.05, 0) is 61.3 Å². The summed E-state index contributed by atoms with van der Waals surface area (Å²) in [4.78, 5) is 28.7. The average Bonchev–Trinajstić information content (AvgIpc) is 3.50. The molecule has 9 heteroatoms. The van der Waals surface area contributed by atoms with Crippen LogP contribution in [0.2, 0.25) is 0 Å². The molecular weight excluding hydrogens is 499 g/mol. The summed E-state index contributed by atoms with van der Waals surface area (Å²) < 4.78 is 6.48. The number of thiophene rings is 1. The topological polar surface area (TPSA) is 61.9 Å². The summed E-state index contributed by atoms with van der Waals surface area (Å²) in [6, 6.07) is 19.4. The molecule has 0 unspecified atom stereocenters. The molecule has 1 fully saturated rings. The summed E-state index contributed by atoms with van der Waals surface area (Å²) in [6.45, 7) is 6.36. The van der Waals surface area contributed by atoms with Crippen LogP contribution in [-0.2, 0) is 11.4 Å². The lowest BCUT2D eigenvalue weighted by molar-refractivity contribution is -0.123. The van der Waals surface area contributed by atoms with Gasteiger partial charge in [0.15, 0.2) is 4.32 Å². The third-order valence-corrected chi connectivity index (χ3v) is 7.57. The average molecular weight is 524 g/mol. The van der Waals surface area contributed by atoms with Gasteiger partial charge in [-0.15, -0.1) is 11.3 Å². The van der Waals surface area contributed by atoms with Crippen molar-refractivity contribution in [1.82, 2.24) is 10.4 Å². The first-order valence-electron chi connectivity index (χ1n) is 11.2. The van der Waals surface area contributed by atoms with E-state index in [1.54, 1.807) is 23.6 Å². The number of hydrazine groups is 1. The Morgan fingerprint density at radius 1 is 1.11 bits per heavy atom. The summed E-state index contributed by atoms with van der Waals surface area (Å²) in [6.07, 6.45) is 1.77. The Bertz CT molecular complexity index is 1240. The van der Waals surface area contributed by atoms with Gasteiger partial charge < -0.3 is 9.64 Å². The van der Waals surface area contributed by atoms with Crippen LogP contribution in [-0.4, -0.2) is 34.2 Å². The molecule has 2 amide bonds. The monoisotopic (exact) mass is 523 g/mol. The fraction of sp³-hybridized carbons (Fsp3) is 0.192. The summed E-state index contributed by atoms with van der Waals surface area (Å²) in [5, 5.41) is 2.93. The number of hydrogen-bond acceptors (Lipinski definition) is 7. The molecule has 0 saturated carbocycles. The summed E-state index contributed by atoms with van der Waals surface area (Å²) in [7, 11) is 0. The van der Waals surface area contributed by atoms with Crippen molar-refractivity contribution in [2.24, 2.45) is 0 Å². The number of carbonyl (C=O) groups is 2. The van der Waals surface area contributed by atoms with E-state index < -0.39 is 0 Å². The molecule has 2 aromatic carbocycles. The van der Waals surface area contributed by atoms with Crippen LogP contribution in [0.25, 0.3) is 6.08 Å². The van der Waals surface area contributed by atoms with E-state index in [9.17, 15) is 9.59 Å². The number of rotatable bonds is 9. The van der Waals surface area contributed by atoms with Crippen molar-refractivity contribution in [2.45, 2.75) is 20.5 Å². The van der Waals surface area contributed by atoms with Gasteiger partial charge in [0.2, 0.25) is 0 Å². The minimum atomic E-state index is -0.369. The number of nitrogens with zero attached hydrogens (tertiary/aromatic N) is 2. The largest absolute Gasteiger partial charge is 0.488 e. The van der Waals surface area contributed by atoms with E-state index >= 15 is 0 Å². The second-order valence-corrected chi connectivity index (χ2v) is 10.2. The molecule has 35 heavy (non-hydrogen) atoms. The van der Waals surface area contributed by atoms with Gasteiger partial charge in [0.25, 0.3) is 11.8 Å². The minimum absolute atomic E-state index is 0.276. The van der Waals surface area contributed by atoms with Crippen molar-refractivity contribution in [2.75, 3.05) is 18.0 Å². The lowest BCUT2D eigenvalue weighted by Crippen LogP contribution is -2.44. The third-order valence-electron chi connectivity index (χ3n) is 5.40. The second kappa shape index (κ2) is 11.5. The molecule has 0 bridgehead atoms. The number of carbonyl (C=O) groups excluding carboxylic acids is 2. The molecule has 1 saturated heterocycles.